The first-order valence-electron chi connectivity index (χ1n) is 7.84. The molecule has 0 bridgehead atoms. The Morgan fingerprint density at radius 2 is 2.00 bits per heavy atom. The molecule has 4 unspecified atom stereocenters. The highest BCUT2D eigenvalue weighted by atomic mass is 16.5. The minimum absolute atomic E-state index is 0.253. The van der Waals surface area contributed by atoms with Gasteiger partial charge >= 0.3 is 0 Å². The van der Waals surface area contributed by atoms with E-state index < -0.39 is 0 Å². The summed E-state index contributed by atoms with van der Waals surface area (Å²) in [5, 5.41) is 0. The highest BCUT2D eigenvalue weighted by Crippen LogP contribution is 2.43. The number of rotatable bonds is 3. The van der Waals surface area contributed by atoms with Crippen molar-refractivity contribution in [2.24, 2.45) is 17.6 Å². The van der Waals surface area contributed by atoms with E-state index in [1.807, 2.05) is 0 Å². The van der Waals surface area contributed by atoms with Gasteiger partial charge in [-0.2, -0.15) is 0 Å². The fourth-order valence-electron chi connectivity index (χ4n) is 4.49. The quantitative estimate of drug-likeness (QED) is 0.835. The van der Waals surface area contributed by atoms with Gasteiger partial charge in [-0.3, -0.25) is 4.90 Å². The average Bonchev–Trinajstić information content (AvgIpc) is 2.99. The summed E-state index contributed by atoms with van der Waals surface area (Å²) < 4.78 is 5.86. The number of hydrogen-bond donors (Lipinski definition) is 1. The van der Waals surface area contributed by atoms with Crippen LogP contribution >= 0.6 is 0 Å². The molecule has 0 spiro atoms. The van der Waals surface area contributed by atoms with Crippen LogP contribution in [0.4, 0.5) is 0 Å². The molecule has 3 heteroatoms. The van der Waals surface area contributed by atoms with Crippen LogP contribution in [-0.2, 0) is 4.74 Å². The third kappa shape index (κ3) is 2.10. The summed E-state index contributed by atoms with van der Waals surface area (Å²) in [6, 6.07) is 0. The van der Waals surface area contributed by atoms with Crippen LogP contribution in [0.1, 0.15) is 45.4 Å². The lowest BCUT2D eigenvalue weighted by molar-refractivity contribution is -0.0676. The zero-order valence-electron chi connectivity index (χ0n) is 11.7. The van der Waals surface area contributed by atoms with Gasteiger partial charge < -0.3 is 10.5 Å². The van der Waals surface area contributed by atoms with Crippen LogP contribution in [0, 0.1) is 11.8 Å². The number of nitrogens with zero attached hydrogens (tertiary/aromatic N) is 1. The van der Waals surface area contributed by atoms with E-state index in [9.17, 15) is 0 Å². The van der Waals surface area contributed by atoms with Crippen LogP contribution < -0.4 is 5.73 Å². The van der Waals surface area contributed by atoms with Crippen molar-refractivity contribution in [2.75, 3.05) is 26.2 Å². The largest absolute Gasteiger partial charge is 0.378 e. The first-order chi connectivity index (χ1) is 8.77. The van der Waals surface area contributed by atoms with Crippen LogP contribution in [0.25, 0.3) is 0 Å². The summed E-state index contributed by atoms with van der Waals surface area (Å²) in [7, 11) is 0. The van der Waals surface area contributed by atoms with Crippen molar-refractivity contribution >= 4 is 0 Å². The minimum Gasteiger partial charge on any atom is -0.378 e. The fraction of sp³-hybridized carbons (Fsp3) is 1.00. The van der Waals surface area contributed by atoms with Crippen molar-refractivity contribution in [3.05, 3.63) is 0 Å². The van der Waals surface area contributed by atoms with Crippen molar-refractivity contribution in [3.63, 3.8) is 0 Å². The van der Waals surface area contributed by atoms with E-state index in [-0.39, 0.29) is 5.54 Å². The predicted octanol–water partition coefficient (Wildman–Crippen LogP) is 2.00. The number of ether oxygens (including phenoxy) is 1. The smallest absolute Gasteiger partial charge is 0.0590 e. The minimum atomic E-state index is 0.253. The van der Waals surface area contributed by atoms with Crippen molar-refractivity contribution < 1.29 is 4.74 Å². The average molecular weight is 252 g/mol. The first kappa shape index (κ1) is 12.9. The zero-order valence-corrected chi connectivity index (χ0v) is 11.7. The molecule has 0 radical (unpaired) electrons. The summed E-state index contributed by atoms with van der Waals surface area (Å²) in [5.74, 6) is 1.94. The lowest BCUT2D eigenvalue weighted by Gasteiger charge is -2.47. The van der Waals surface area contributed by atoms with Crippen LogP contribution in [0.5, 0.6) is 0 Å². The molecule has 0 aromatic heterocycles. The number of likely N-dealkylation sites (tertiary alicyclic amines) is 1. The van der Waals surface area contributed by atoms with Crippen molar-refractivity contribution in [1.29, 1.82) is 0 Å². The van der Waals surface area contributed by atoms with E-state index in [1.165, 1.54) is 32.4 Å². The number of hydrogen-bond acceptors (Lipinski definition) is 3. The molecule has 2 heterocycles. The molecule has 1 aliphatic carbocycles. The van der Waals surface area contributed by atoms with E-state index in [4.69, 9.17) is 10.5 Å². The van der Waals surface area contributed by atoms with Gasteiger partial charge in [-0.1, -0.05) is 13.3 Å². The maximum Gasteiger partial charge on any atom is 0.0590 e. The molecule has 0 amide bonds. The maximum atomic E-state index is 6.19. The van der Waals surface area contributed by atoms with E-state index in [0.717, 1.165) is 44.2 Å². The van der Waals surface area contributed by atoms with Gasteiger partial charge in [0.25, 0.3) is 0 Å². The van der Waals surface area contributed by atoms with Gasteiger partial charge in [0.15, 0.2) is 0 Å². The fourth-order valence-corrected chi connectivity index (χ4v) is 4.49. The third-order valence-corrected chi connectivity index (χ3v) is 5.76. The Balaban J connectivity index is 1.71. The van der Waals surface area contributed by atoms with E-state index in [1.54, 1.807) is 0 Å². The van der Waals surface area contributed by atoms with Gasteiger partial charge in [-0.25, -0.2) is 0 Å². The molecular formula is C15H28N2O. The lowest BCUT2D eigenvalue weighted by atomic mass is 9.84. The van der Waals surface area contributed by atoms with Crippen LogP contribution in [0.3, 0.4) is 0 Å². The van der Waals surface area contributed by atoms with Crippen LogP contribution in [0.2, 0.25) is 0 Å². The maximum absolute atomic E-state index is 6.19. The second kappa shape index (κ2) is 5.10. The monoisotopic (exact) mass is 252 g/mol. The number of fused-ring (bicyclic) bond motifs is 1. The van der Waals surface area contributed by atoms with Gasteiger partial charge in [0.2, 0.25) is 0 Å². The van der Waals surface area contributed by atoms with Crippen molar-refractivity contribution in [3.8, 4) is 0 Å². The Labute approximate surface area is 111 Å². The Kier molecular flexibility index (Phi) is 3.65. The van der Waals surface area contributed by atoms with Gasteiger partial charge in [0.05, 0.1) is 6.10 Å². The summed E-state index contributed by atoms with van der Waals surface area (Å²) in [6.07, 6.45) is 8.22. The standard InChI is InChI=1S/C15H28N2O/c1-2-14-8-15(11-16,6-7-18-14)17-9-12-4-3-5-13(12)10-17/h12-14H,2-11,16H2,1H3. The van der Waals surface area contributed by atoms with Gasteiger partial charge in [0, 0.05) is 31.8 Å². The van der Waals surface area contributed by atoms with Gasteiger partial charge in [0.1, 0.15) is 0 Å². The molecule has 3 fully saturated rings. The van der Waals surface area contributed by atoms with E-state index >= 15 is 0 Å². The highest BCUT2D eigenvalue weighted by Gasteiger charge is 2.47. The molecule has 3 rings (SSSR count). The molecular weight excluding hydrogens is 224 g/mol. The predicted molar refractivity (Wildman–Crippen MR) is 73.5 cm³/mol. The molecule has 0 aromatic carbocycles. The third-order valence-electron chi connectivity index (χ3n) is 5.76. The molecule has 18 heavy (non-hydrogen) atoms. The highest BCUT2D eigenvalue weighted by molar-refractivity contribution is 5.01. The Bertz CT molecular complexity index is 284. The Hall–Kier alpha value is -0.120. The lowest BCUT2D eigenvalue weighted by Crippen LogP contribution is -2.58. The molecule has 2 aliphatic heterocycles. The summed E-state index contributed by atoms with van der Waals surface area (Å²) in [6.45, 7) is 6.56. The topological polar surface area (TPSA) is 38.5 Å². The van der Waals surface area contributed by atoms with Crippen LogP contribution in [-0.4, -0.2) is 42.8 Å². The Morgan fingerprint density at radius 1 is 1.28 bits per heavy atom. The molecule has 2 N–H and O–H groups in total. The molecule has 0 aromatic rings. The molecule has 2 saturated heterocycles. The second-order valence-electron chi connectivity index (χ2n) is 6.64. The Morgan fingerprint density at radius 3 is 2.61 bits per heavy atom. The van der Waals surface area contributed by atoms with Gasteiger partial charge in [-0.15, -0.1) is 0 Å². The normalized spacial score (nSPS) is 45.3. The first-order valence-corrected chi connectivity index (χ1v) is 7.84. The van der Waals surface area contributed by atoms with Crippen LogP contribution in [0.15, 0.2) is 0 Å². The molecule has 104 valence electrons. The summed E-state index contributed by atoms with van der Waals surface area (Å²) >= 11 is 0. The summed E-state index contributed by atoms with van der Waals surface area (Å²) in [5.41, 5.74) is 6.44. The zero-order chi connectivity index (χ0) is 12.6. The molecule has 3 nitrogen and oxygen atoms in total. The van der Waals surface area contributed by atoms with Gasteiger partial charge in [-0.05, 0) is 43.9 Å². The SMILES string of the molecule is CCC1CC(CN)(N2CC3CCCC3C2)CCO1. The molecule has 4 atom stereocenters. The van der Waals surface area contributed by atoms with E-state index in [0.29, 0.717) is 6.10 Å². The number of nitrogens with two attached hydrogens (primary N) is 1. The second-order valence-corrected chi connectivity index (χ2v) is 6.64. The molecule has 1 saturated carbocycles. The molecule has 3 aliphatic rings. The van der Waals surface area contributed by atoms with Crippen molar-refractivity contribution in [2.45, 2.75) is 57.1 Å². The van der Waals surface area contributed by atoms with E-state index in [2.05, 4.69) is 11.8 Å². The summed E-state index contributed by atoms with van der Waals surface area (Å²) in [4.78, 5) is 2.74. The van der Waals surface area contributed by atoms with Crippen molar-refractivity contribution in [1.82, 2.24) is 4.90 Å².